The van der Waals surface area contributed by atoms with Gasteiger partial charge in [-0.25, -0.2) is 4.98 Å². The fourth-order valence-electron chi connectivity index (χ4n) is 3.13. The van der Waals surface area contributed by atoms with Crippen molar-refractivity contribution in [2.24, 2.45) is 7.05 Å². The van der Waals surface area contributed by atoms with Crippen molar-refractivity contribution in [3.05, 3.63) is 53.1 Å². The molecule has 1 aromatic carbocycles. The number of piperazine rings is 1. The Morgan fingerprint density at radius 1 is 1.33 bits per heavy atom. The van der Waals surface area contributed by atoms with E-state index in [0.717, 1.165) is 32.0 Å². The Balaban J connectivity index is 1.83. The van der Waals surface area contributed by atoms with E-state index in [2.05, 4.69) is 58.9 Å². The van der Waals surface area contributed by atoms with Crippen LogP contribution in [-0.2, 0) is 13.6 Å². The van der Waals surface area contributed by atoms with Crippen molar-refractivity contribution >= 4 is 0 Å². The number of hydrogen-bond donors (Lipinski definition) is 1. The van der Waals surface area contributed by atoms with Gasteiger partial charge < -0.3 is 9.88 Å². The summed E-state index contributed by atoms with van der Waals surface area (Å²) in [5.41, 5.74) is 4.13. The van der Waals surface area contributed by atoms with Gasteiger partial charge in [-0.05, 0) is 25.0 Å². The zero-order valence-corrected chi connectivity index (χ0v) is 13.1. The highest BCUT2D eigenvalue weighted by molar-refractivity contribution is 5.30. The van der Waals surface area contributed by atoms with E-state index in [1.54, 1.807) is 0 Å². The molecule has 4 heteroatoms. The minimum Gasteiger partial charge on any atom is -0.337 e. The molecule has 21 heavy (non-hydrogen) atoms. The highest BCUT2D eigenvalue weighted by Gasteiger charge is 2.26. The van der Waals surface area contributed by atoms with Crippen LogP contribution in [0.5, 0.6) is 0 Å². The second kappa shape index (κ2) is 6.00. The lowest BCUT2D eigenvalue weighted by Crippen LogP contribution is -2.46. The summed E-state index contributed by atoms with van der Waals surface area (Å²) >= 11 is 0. The Hall–Kier alpha value is -1.65. The molecule has 1 aliphatic rings. The Kier molecular flexibility index (Phi) is 4.08. The average molecular weight is 284 g/mol. The number of nitrogens with one attached hydrogen (secondary N) is 1. The number of nitrogens with zero attached hydrogens (tertiary/aromatic N) is 3. The Bertz CT molecular complexity index is 617. The van der Waals surface area contributed by atoms with Gasteiger partial charge in [-0.1, -0.05) is 23.8 Å². The highest BCUT2D eigenvalue weighted by atomic mass is 15.3. The smallest absolute Gasteiger partial charge is 0.127 e. The first-order chi connectivity index (χ1) is 10.1. The Labute approximate surface area is 126 Å². The zero-order valence-electron chi connectivity index (χ0n) is 13.1. The number of hydrogen-bond acceptors (Lipinski definition) is 3. The van der Waals surface area contributed by atoms with Crippen LogP contribution in [0.1, 0.15) is 28.6 Å². The zero-order chi connectivity index (χ0) is 14.8. The standard InChI is InChI=1S/C17H24N4/c1-13-4-5-15(14(2)10-13)12-21-9-6-18-11-16(21)17-19-7-8-20(17)3/h4-5,7-8,10,16,18H,6,9,11-12H2,1-3H3. The van der Waals surface area contributed by atoms with Crippen LogP contribution in [0.2, 0.25) is 0 Å². The van der Waals surface area contributed by atoms with Gasteiger partial charge in [0.15, 0.2) is 0 Å². The largest absolute Gasteiger partial charge is 0.337 e. The summed E-state index contributed by atoms with van der Waals surface area (Å²) in [6.07, 6.45) is 3.92. The molecule has 1 atom stereocenters. The van der Waals surface area contributed by atoms with Crippen molar-refractivity contribution in [2.45, 2.75) is 26.4 Å². The van der Waals surface area contributed by atoms with E-state index in [9.17, 15) is 0 Å². The minimum absolute atomic E-state index is 0.347. The lowest BCUT2D eigenvalue weighted by molar-refractivity contribution is 0.144. The average Bonchev–Trinajstić information content (AvgIpc) is 2.89. The van der Waals surface area contributed by atoms with Gasteiger partial charge in [-0.2, -0.15) is 0 Å². The molecule has 0 spiro atoms. The molecule has 0 bridgehead atoms. The molecule has 1 aromatic heterocycles. The number of aryl methyl sites for hydroxylation is 3. The summed E-state index contributed by atoms with van der Waals surface area (Å²) in [6.45, 7) is 8.43. The maximum atomic E-state index is 4.55. The molecule has 1 N–H and O–H groups in total. The summed E-state index contributed by atoms with van der Waals surface area (Å²) in [4.78, 5) is 7.09. The van der Waals surface area contributed by atoms with Gasteiger partial charge in [0.05, 0.1) is 6.04 Å². The predicted molar refractivity (Wildman–Crippen MR) is 85.1 cm³/mol. The summed E-state index contributed by atoms with van der Waals surface area (Å²) in [6, 6.07) is 7.09. The lowest BCUT2D eigenvalue weighted by atomic mass is 10.0. The molecule has 1 aliphatic heterocycles. The molecular formula is C17H24N4. The summed E-state index contributed by atoms with van der Waals surface area (Å²) in [5, 5.41) is 3.49. The molecule has 1 fully saturated rings. The second-order valence-electron chi connectivity index (χ2n) is 6.02. The minimum atomic E-state index is 0.347. The maximum Gasteiger partial charge on any atom is 0.127 e. The molecule has 2 heterocycles. The maximum absolute atomic E-state index is 4.55. The second-order valence-corrected chi connectivity index (χ2v) is 6.02. The third-order valence-corrected chi connectivity index (χ3v) is 4.38. The fourth-order valence-corrected chi connectivity index (χ4v) is 3.13. The van der Waals surface area contributed by atoms with Crippen molar-refractivity contribution in [1.82, 2.24) is 19.8 Å². The van der Waals surface area contributed by atoms with Gasteiger partial charge in [0.1, 0.15) is 5.82 Å². The van der Waals surface area contributed by atoms with Gasteiger partial charge in [0, 0.05) is 45.6 Å². The topological polar surface area (TPSA) is 33.1 Å². The number of imidazole rings is 1. The molecule has 0 radical (unpaired) electrons. The first-order valence-corrected chi connectivity index (χ1v) is 7.63. The van der Waals surface area contributed by atoms with Crippen LogP contribution in [0.25, 0.3) is 0 Å². The molecular weight excluding hydrogens is 260 g/mol. The van der Waals surface area contributed by atoms with E-state index in [4.69, 9.17) is 0 Å². The Morgan fingerprint density at radius 3 is 2.90 bits per heavy atom. The van der Waals surface area contributed by atoms with E-state index in [-0.39, 0.29) is 0 Å². The number of rotatable bonds is 3. The normalized spacial score (nSPS) is 19.9. The molecule has 112 valence electrons. The van der Waals surface area contributed by atoms with Gasteiger partial charge in [0.2, 0.25) is 0 Å². The van der Waals surface area contributed by atoms with Crippen LogP contribution in [0, 0.1) is 13.8 Å². The lowest BCUT2D eigenvalue weighted by Gasteiger charge is -2.36. The van der Waals surface area contributed by atoms with E-state index in [0.29, 0.717) is 6.04 Å². The number of aromatic nitrogens is 2. The SMILES string of the molecule is Cc1ccc(CN2CCNCC2c2nccn2C)c(C)c1. The quantitative estimate of drug-likeness (QED) is 0.938. The van der Waals surface area contributed by atoms with E-state index >= 15 is 0 Å². The monoisotopic (exact) mass is 284 g/mol. The summed E-state index contributed by atoms with van der Waals surface area (Å²) in [5.74, 6) is 1.15. The molecule has 1 unspecified atom stereocenters. The third kappa shape index (κ3) is 3.01. The molecule has 0 aliphatic carbocycles. The van der Waals surface area contributed by atoms with Crippen LogP contribution in [0.15, 0.2) is 30.6 Å². The van der Waals surface area contributed by atoms with Crippen molar-refractivity contribution < 1.29 is 0 Å². The molecule has 4 nitrogen and oxygen atoms in total. The number of benzene rings is 1. The predicted octanol–water partition coefficient (Wildman–Crippen LogP) is 2.18. The van der Waals surface area contributed by atoms with Gasteiger partial charge in [0.25, 0.3) is 0 Å². The van der Waals surface area contributed by atoms with Gasteiger partial charge >= 0.3 is 0 Å². The molecule has 2 aromatic rings. The molecule has 1 saturated heterocycles. The van der Waals surface area contributed by atoms with E-state index < -0.39 is 0 Å². The van der Waals surface area contributed by atoms with E-state index in [1.807, 2.05) is 12.4 Å². The van der Waals surface area contributed by atoms with Crippen LogP contribution in [-0.4, -0.2) is 34.1 Å². The third-order valence-electron chi connectivity index (χ3n) is 4.38. The van der Waals surface area contributed by atoms with E-state index in [1.165, 1.54) is 16.7 Å². The summed E-state index contributed by atoms with van der Waals surface area (Å²) in [7, 11) is 2.08. The molecule has 0 saturated carbocycles. The Morgan fingerprint density at radius 2 is 2.19 bits per heavy atom. The highest BCUT2D eigenvalue weighted by Crippen LogP contribution is 2.24. The van der Waals surface area contributed by atoms with Crippen molar-refractivity contribution in [3.8, 4) is 0 Å². The van der Waals surface area contributed by atoms with Crippen LogP contribution in [0.3, 0.4) is 0 Å². The first-order valence-electron chi connectivity index (χ1n) is 7.63. The van der Waals surface area contributed by atoms with Crippen LogP contribution in [0.4, 0.5) is 0 Å². The van der Waals surface area contributed by atoms with Crippen molar-refractivity contribution in [3.63, 3.8) is 0 Å². The van der Waals surface area contributed by atoms with Crippen LogP contribution < -0.4 is 5.32 Å². The fraction of sp³-hybridized carbons (Fsp3) is 0.471. The van der Waals surface area contributed by atoms with Crippen molar-refractivity contribution in [2.75, 3.05) is 19.6 Å². The first kappa shape index (κ1) is 14.3. The molecule has 3 rings (SSSR count). The molecule has 0 amide bonds. The van der Waals surface area contributed by atoms with Gasteiger partial charge in [-0.15, -0.1) is 0 Å². The van der Waals surface area contributed by atoms with Crippen LogP contribution >= 0.6 is 0 Å². The summed E-state index contributed by atoms with van der Waals surface area (Å²) < 4.78 is 2.13. The van der Waals surface area contributed by atoms with Gasteiger partial charge in [-0.3, -0.25) is 4.90 Å². The van der Waals surface area contributed by atoms with Crippen molar-refractivity contribution in [1.29, 1.82) is 0 Å².